The van der Waals surface area contributed by atoms with Crippen LogP contribution in [-0.2, 0) is 0 Å². The quantitative estimate of drug-likeness (QED) is 0.596. The summed E-state index contributed by atoms with van der Waals surface area (Å²) in [7, 11) is 3.06. The molecule has 10 nitrogen and oxygen atoms in total. The molecular formula is C17H18BrN7O3. The molecule has 28 heavy (non-hydrogen) atoms. The molecule has 1 unspecified atom stereocenters. The molecule has 146 valence electrons. The molecule has 2 heterocycles. The van der Waals surface area contributed by atoms with Crippen molar-refractivity contribution in [3.63, 3.8) is 0 Å². The van der Waals surface area contributed by atoms with Crippen LogP contribution in [0.1, 0.15) is 18.8 Å². The van der Waals surface area contributed by atoms with Crippen molar-refractivity contribution in [1.29, 1.82) is 0 Å². The van der Waals surface area contributed by atoms with Gasteiger partial charge in [-0.15, -0.1) is 0 Å². The summed E-state index contributed by atoms with van der Waals surface area (Å²) in [4.78, 5) is 25.0. The number of nitrogens with zero attached hydrogens (tertiary/aromatic N) is 5. The van der Waals surface area contributed by atoms with E-state index < -0.39 is 12.1 Å². The van der Waals surface area contributed by atoms with Gasteiger partial charge < -0.3 is 20.1 Å². The molecule has 0 radical (unpaired) electrons. The Morgan fingerprint density at radius 2 is 1.86 bits per heavy atom. The zero-order valence-electron chi connectivity index (χ0n) is 15.4. The molecule has 2 aromatic heterocycles. The lowest BCUT2D eigenvalue weighted by Gasteiger charge is -2.16. The summed E-state index contributed by atoms with van der Waals surface area (Å²) < 4.78 is 12.7. The Morgan fingerprint density at radius 1 is 1.14 bits per heavy atom. The van der Waals surface area contributed by atoms with Gasteiger partial charge in [0.15, 0.2) is 5.82 Å². The molecule has 0 saturated carbocycles. The van der Waals surface area contributed by atoms with Crippen LogP contribution in [0.15, 0.2) is 41.4 Å². The number of hydrogen-bond donors (Lipinski definition) is 2. The molecular weight excluding hydrogens is 430 g/mol. The third-order valence-electron chi connectivity index (χ3n) is 3.77. The van der Waals surface area contributed by atoms with Crippen molar-refractivity contribution in [2.24, 2.45) is 0 Å². The van der Waals surface area contributed by atoms with Crippen LogP contribution in [0.4, 0.5) is 10.5 Å². The van der Waals surface area contributed by atoms with E-state index in [-0.39, 0.29) is 0 Å². The van der Waals surface area contributed by atoms with E-state index in [0.717, 1.165) is 0 Å². The van der Waals surface area contributed by atoms with Gasteiger partial charge in [-0.1, -0.05) is 0 Å². The topological polar surface area (TPSA) is 116 Å². The molecule has 0 saturated heterocycles. The highest BCUT2D eigenvalue weighted by Crippen LogP contribution is 2.36. The molecule has 3 rings (SSSR count). The van der Waals surface area contributed by atoms with Gasteiger partial charge in [-0.3, -0.25) is 0 Å². The maximum absolute atomic E-state index is 12.5. The molecule has 0 spiro atoms. The number of hydrogen-bond acceptors (Lipinski definition) is 7. The summed E-state index contributed by atoms with van der Waals surface area (Å²) in [5.41, 5.74) is 0.479. The molecule has 2 amide bonds. The molecule has 3 aromatic rings. The van der Waals surface area contributed by atoms with Crippen molar-refractivity contribution in [3.8, 4) is 17.4 Å². The first kappa shape index (κ1) is 19.5. The monoisotopic (exact) mass is 447 g/mol. The minimum Gasteiger partial charge on any atom is -0.495 e. The molecule has 1 aromatic carbocycles. The summed E-state index contributed by atoms with van der Waals surface area (Å²) in [6.07, 6.45) is 4.59. The van der Waals surface area contributed by atoms with Gasteiger partial charge in [-0.25, -0.2) is 19.7 Å². The fourth-order valence-corrected chi connectivity index (χ4v) is 2.98. The summed E-state index contributed by atoms with van der Waals surface area (Å²) in [5, 5.41) is 9.69. The lowest BCUT2D eigenvalue weighted by molar-refractivity contribution is 0.248. The molecule has 0 fully saturated rings. The van der Waals surface area contributed by atoms with Crippen LogP contribution in [-0.4, -0.2) is 45.0 Å². The van der Waals surface area contributed by atoms with Crippen molar-refractivity contribution in [3.05, 3.63) is 47.2 Å². The zero-order valence-corrected chi connectivity index (χ0v) is 17.0. The van der Waals surface area contributed by atoms with Crippen LogP contribution < -0.4 is 20.1 Å². The van der Waals surface area contributed by atoms with Gasteiger partial charge in [0, 0.05) is 18.5 Å². The summed E-state index contributed by atoms with van der Waals surface area (Å²) in [6, 6.07) is 4.18. The number of urea groups is 1. The molecule has 1 atom stereocenters. The average molecular weight is 448 g/mol. The highest BCUT2D eigenvalue weighted by Gasteiger charge is 2.19. The van der Waals surface area contributed by atoms with Gasteiger partial charge in [-0.05, 0) is 35.0 Å². The van der Waals surface area contributed by atoms with Crippen molar-refractivity contribution in [2.75, 3.05) is 19.5 Å². The Labute approximate surface area is 169 Å². The molecule has 0 aliphatic heterocycles. The fourth-order valence-electron chi connectivity index (χ4n) is 2.48. The zero-order chi connectivity index (χ0) is 20.1. The van der Waals surface area contributed by atoms with E-state index in [9.17, 15) is 4.79 Å². The maximum Gasteiger partial charge on any atom is 0.319 e. The number of amides is 2. The van der Waals surface area contributed by atoms with Crippen molar-refractivity contribution in [1.82, 2.24) is 30.0 Å². The molecule has 0 aliphatic rings. The SMILES string of the molecule is COc1cc(OC)c(NC(=O)NC(C)c2ncnn2-c2ncccn2)cc1Br. The third-order valence-corrected chi connectivity index (χ3v) is 4.39. The second-order valence-corrected chi connectivity index (χ2v) is 6.44. The van der Waals surface area contributed by atoms with Crippen molar-refractivity contribution < 1.29 is 14.3 Å². The van der Waals surface area contributed by atoms with E-state index in [1.807, 2.05) is 0 Å². The first-order valence-electron chi connectivity index (χ1n) is 8.19. The lowest BCUT2D eigenvalue weighted by atomic mass is 10.2. The Balaban J connectivity index is 1.74. The number of methoxy groups -OCH3 is 2. The van der Waals surface area contributed by atoms with E-state index in [1.54, 1.807) is 44.6 Å². The number of halogens is 1. The number of nitrogens with one attached hydrogen (secondary N) is 2. The smallest absolute Gasteiger partial charge is 0.319 e. The van der Waals surface area contributed by atoms with Crippen LogP contribution >= 0.6 is 15.9 Å². The van der Waals surface area contributed by atoms with Crippen LogP contribution in [0.25, 0.3) is 5.95 Å². The van der Waals surface area contributed by atoms with Crippen LogP contribution in [0.5, 0.6) is 11.5 Å². The molecule has 0 aliphatic carbocycles. The fraction of sp³-hybridized carbons (Fsp3) is 0.235. The number of benzene rings is 1. The Morgan fingerprint density at radius 3 is 2.54 bits per heavy atom. The lowest BCUT2D eigenvalue weighted by Crippen LogP contribution is -2.32. The van der Waals surface area contributed by atoms with E-state index in [0.29, 0.717) is 33.4 Å². The minimum absolute atomic E-state index is 0.366. The number of carbonyl (C=O) groups excluding carboxylic acids is 1. The van der Waals surface area contributed by atoms with Gasteiger partial charge in [0.1, 0.15) is 17.8 Å². The molecule has 0 bridgehead atoms. The Kier molecular flexibility index (Phi) is 6.04. The number of aromatic nitrogens is 5. The number of carbonyl (C=O) groups is 1. The highest BCUT2D eigenvalue weighted by atomic mass is 79.9. The van der Waals surface area contributed by atoms with Gasteiger partial charge in [0.25, 0.3) is 5.95 Å². The standard InChI is InChI=1S/C17H18BrN7O3/c1-10(15-21-9-22-25(15)16-19-5-4-6-20-16)23-17(26)24-12-7-11(18)13(27-2)8-14(12)28-3/h4-10H,1-3H3,(H2,23,24,26). The maximum atomic E-state index is 12.5. The summed E-state index contributed by atoms with van der Waals surface area (Å²) in [5.74, 6) is 1.91. The number of rotatable bonds is 6. The van der Waals surface area contributed by atoms with E-state index >= 15 is 0 Å². The number of ether oxygens (including phenoxy) is 2. The van der Waals surface area contributed by atoms with Crippen LogP contribution in [0.2, 0.25) is 0 Å². The first-order valence-corrected chi connectivity index (χ1v) is 8.99. The number of anilines is 1. The summed E-state index contributed by atoms with van der Waals surface area (Å²) in [6.45, 7) is 1.78. The highest BCUT2D eigenvalue weighted by molar-refractivity contribution is 9.10. The van der Waals surface area contributed by atoms with Gasteiger partial charge in [0.05, 0.1) is 30.4 Å². The minimum atomic E-state index is -0.459. The Hall–Kier alpha value is -3.21. The normalized spacial score (nSPS) is 11.6. The Bertz CT molecular complexity index is 965. The second kappa shape index (κ2) is 8.65. The summed E-state index contributed by atoms with van der Waals surface area (Å²) >= 11 is 3.39. The van der Waals surface area contributed by atoms with E-state index in [1.165, 1.54) is 18.1 Å². The first-order chi connectivity index (χ1) is 13.5. The van der Waals surface area contributed by atoms with Crippen LogP contribution in [0.3, 0.4) is 0 Å². The van der Waals surface area contributed by atoms with E-state index in [4.69, 9.17) is 9.47 Å². The predicted molar refractivity (Wildman–Crippen MR) is 105 cm³/mol. The van der Waals surface area contributed by atoms with Crippen molar-refractivity contribution in [2.45, 2.75) is 13.0 Å². The van der Waals surface area contributed by atoms with Gasteiger partial charge in [-0.2, -0.15) is 9.78 Å². The average Bonchev–Trinajstić information content (AvgIpc) is 3.19. The third kappa shape index (κ3) is 4.19. The molecule has 11 heteroatoms. The second-order valence-electron chi connectivity index (χ2n) is 5.59. The van der Waals surface area contributed by atoms with Crippen molar-refractivity contribution >= 4 is 27.6 Å². The van der Waals surface area contributed by atoms with Gasteiger partial charge >= 0.3 is 6.03 Å². The molecule has 2 N–H and O–H groups in total. The largest absolute Gasteiger partial charge is 0.495 e. The van der Waals surface area contributed by atoms with Crippen LogP contribution in [0, 0.1) is 0 Å². The van der Waals surface area contributed by atoms with Gasteiger partial charge in [0.2, 0.25) is 0 Å². The predicted octanol–water partition coefficient (Wildman–Crippen LogP) is 2.72. The van der Waals surface area contributed by atoms with E-state index in [2.05, 4.69) is 46.6 Å².